The molecular formula is C22H19BrClN3O4. The second kappa shape index (κ2) is 11.0. The summed E-state index contributed by atoms with van der Waals surface area (Å²) in [6, 6.07) is 13.7. The molecule has 7 nitrogen and oxygen atoms in total. The van der Waals surface area contributed by atoms with E-state index < -0.39 is 5.91 Å². The Balaban J connectivity index is 1.65. The molecular weight excluding hydrogens is 486 g/mol. The molecule has 1 aliphatic heterocycles. The van der Waals surface area contributed by atoms with Crippen molar-refractivity contribution in [3.63, 3.8) is 0 Å². The van der Waals surface area contributed by atoms with E-state index in [0.717, 1.165) is 0 Å². The van der Waals surface area contributed by atoms with E-state index in [-0.39, 0.29) is 18.1 Å². The zero-order chi connectivity index (χ0) is 22.2. The summed E-state index contributed by atoms with van der Waals surface area (Å²) in [6.07, 6.45) is 1.46. The van der Waals surface area contributed by atoms with Gasteiger partial charge in [-0.15, -0.1) is 0 Å². The number of ether oxygens (including phenoxy) is 2. The minimum atomic E-state index is -0.567. The van der Waals surface area contributed by atoms with Gasteiger partial charge in [-0.2, -0.15) is 5.26 Å². The van der Waals surface area contributed by atoms with Crippen molar-refractivity contribution in [2.24, 2.45) is 0 Å². The molecule has 1 heterocycles. The van der Waals surface area contributed by atoms with Crippen molar-refractivity contribution in [3.8, 4) is 11.8 Å². The lowest BCUT2D eigenvalue weighted by Gasteiger charge is -2.26. The predicted molar refractivity (Wildman–Crippen MR) is 121 cm³/mol. The van der Waals surface area contributed by atoms with Crippen molar-refractivity contribution in [1.29, 1.82) is 5.26 Å². The molecule has 0 spiro atoms. The van der Waals surface area contributed by atoms with Gasteiger partial charge in [0.15, 0.2) is 6.61 Å². The van der Waals surface area contributed by atoms with Crippen LogP contribution in [-0.2, 0) is 14.3 Å². The van der Waals surface area contributed by atoms with Crippen LogP contribution in [0.25, 0.3) is 6.08 Å². The third kappa shape index (κ3) is 6.31. The van der Waals surface area contributed by atoms with Crippen molar-refractivity contribution >= 4 is 51.1 Å². The highest BCUT2D eigenvalue weighted by Crippen LogP contribution is 2.27. The second-order valence-electron chi connectivity index (χ2n) is 6.58. The molecule has 0 bridgehead atoms. The molecule has 0 aromatic heterocycles. The van der Waals surface area contributed by atoms with Gasteiger partial charge in [-0.25, -0.2) is 0 Å². The molecule has 2 amide bonds. The van der Waals surface area contributed by atoms with Gasteiger partial charge in [-0.05, 0) is 51.8 Å². The van der Waals surface area contributed by atoms with Crippen LogP contribution in [0.2, 0.25) is 5.02 Å². The molecule has 0 saturated carbocycles. The number of nitrogens with zero attached hydrogens (tertiary/aromatic N) is 2. The molecule has 3 rings (SSSR count). The van der Waals surface area contributed by atoms with E-state index in [4.69, 9.17) is 21.1 Å². The van der Waals surface area contributed by atoms with Crippen LogP contribution in [0.5, 0.6) is 5.75 Å². The third-order valence-electron chi connectivity index (χ3n) is 4.47. The van der Waals surface area contributed by atoms with Gasteiger partial charge in [0.1, 0.15) is 17.4 Å². The molecule has 160 valence electrons. The molecule has 1 N–H and O–H groups in total. The third-order valence-corrected chi connectivity index (χ3v) is 5.42. The maximum Gasteiger partial charge on any atom is 0.266 e. The van der Waals surface area contributed by atoms with Crippen LogP contribution in [0.4, 0.5) is 5.69 Å². The van der Waals surface area contributed by atoms with Crippen LogP contribution in [0, 0.1) is 11.3 Å². The number of anilines is 1. The van der Waals surface area contributed by atoms with Gasteiger partial charge in [0, 0.05) is 13.1 Å². The molecule has 0 unspecified atom stereocenters. The summed E-state index contributed by atoms with van der Waals surface area (Å²) in [7, 11) is 0. The van der Waals surface area contributed by atoms with E-state index in [0.29, 0.717) is 52.8 Å². The van der Waals surface area contributed by atoms with Gasteiger partial charge in [0.05, 0.1) is 28.4 Å². The second-order valence-corrected chi connectivity index (χ2v) is 7.84. The number of carbonyl (C=O) groups excluding carboxylic acids is 2. The smallest absolute Gasteiger partial charge is 0.266 e. The first-order valence-corrected chi connectivity index (χ1v) is 10.6. The zero-order valence-corrected chi connectivity index (χ0v) is 18.8. The van der Waals surface area contributed by atoms with E-state index >= 15 is 0 Å². The molecule has 2 aromatic carbocycles. The number of hydrogen-bond donors (Lipinski definition) is 1. The number of para-hydroxylation sites is 1. The molecule has 0 aliphatic carbocycles. The van der Waals surface area contributed by atoms with E-state index in [1.165, 1.54) is 6.08 Å². The van der Waals surface area contributed by atoms with Crippen molar-refractivity contribution in [2.45, 2.75) is 0 Å². The Labute approximate surface area is 193 Å². The normalized spacial score (nSPS) is 14.0. The average Bonchev–Trinajstić information content (AvgIpc) is 2.78. The molecule has 2 aromatic rings. The van der Waals surface area contributed by atoms with Gasteiger partial charge in [-0.3, -0.25) is 9.59 Å². The molecule has 1 fully saturated rings. The number of nitrogens with one attached hydrogen (secondary N) is 1. The summed E-state index contributed by atoms with van der Waals surface area (Å²) in [6.45, 7) is 2.08. The fraction of sp³-hybridized carbons (Fsp3) is 0.227. The summed E-state index contributed by atoms with van der Waals surface area (Å²) in [5, 5.41) is 12.4. The summed E-state index contributed by atoms with van der Waals surface area (Å²) in [5.74, 6) is -0.192. The van der Waals surface area contributed by atoms with Crippen molar-refractivity contribution < 1.29 is 19.1 Å². The average molecular weight is 505 g/mol. The highest BCUT2D eigenvalue weighted by molar-refractivity contribution is 9.10. The van der Waals surface area contributed by atoms with Gasteiger partial charge in [0.25, 0.3) is 11.8 Å². The first-order valence-electron chi connectivity index (χ1n) is 9.43. The first-order chi connectivity index (χ1) is 15.0. The standard InChI is InChI=1S/C22H19BrClN3O4/c23-17-12-15(5-6-20(17)31-14-21(28)27-7-9-30-10-8-27)11-16(13-25)22(29)26-19-4-2-1-3-18(19)24/h1-6,11-12H,7-10,14H2,(H,26,29)/b16-11-. The van der Waals surface area contributed by atoms with E-state index in [9.17, 15) is 14.9 Å². The maximum absolute atomic E-state index is 12.4. The van der Waals surface area contributed by atoms with Crippen LogP contribution in [-0.4, -0.2) is 49.6 Å². The Hall–Kier alpha value is -2.86. The number of halogens is 2. The Kier molecular flexibility index (Phi) is 8.06. The molecule has 1 saturated heterocycles. The highest BCUT2D eigenvalue weighted by Gasteiger charge is 2.18. The maximum atomic E-state index is 12.4. The number of amides is 2. The summed E-state index contributed by atoms with van der Waals surface area (Å²) >= 11 is 9.45. The quantitative estimate of drug-likeness (QED) is 0.476. The molecule has 31 heavy (non-hydrogen) atoms. The Morgan fingerprint density at radius 1 is 1.26 bits per heavy atom. The SMILES string of the molecule is N#C/C(=C/c1ccc(OCC(=O)N2CCOCC2)c(Br)c1)C(=O)Nc1ccccc1Cl. The Morgan fingerprint density at radius 3 is 2.68 bits per heavy atom. The Bertz CT molecular complexity index is 1050. The molecule has 1 aliphatic rings. The van der Waals surface area contributed by atoms with Crippen LogP contribution < -0.4 is 10.1 Å². The number of morpholine rings is 1. The lowest BCUT2D eigenvalue weighted by molar-refractivity contribution is -0.137. The fourth-order valence-electron chi connectivity index (χ4n) is 2.83. The number of carbonyl (C=O) groups is 2. The lowest BCUT2D eigenvalue weighted by atomic mass is 10.1. The largest absolute Gasteiger partial charge is 0.483 e. The van der Waals surface area contributed by atoms with Gasteiger partial charge >= 0.3 is 0 Å². The number of nitriles is 1. The zero-order valence-electron chi connectivity index (χ0n) is 16.4. The monoisotopic (exact) mass is 503 g/mol. The van der Waals surface area contributed by atoms with Gasteiger partial charge in [0.2, 0.25) is 0 Å². The van der Waals surface area contributed by atoms with Gasteiger partial charge in [-0.1, -0.05) is 29.8 Å². The van der Waals surface area contributed by atoms with Crippen LogP contribution >= 0.6 is 27.5 Å². The van der Waals surface area contributed by atoms with E-state index in [1.54, 1.807) is 47.4 Å². The predicted octanol–water partition coefficient (Wildman–Crippen LogP) is 3.89. The highest BCUT2D eigenvalue weighted by atomic mass is 79.9. The van der Waals surface area contributed by atoms with E-state index in [1.807, 2.05) is 6.07 Å². The summed E-state index contributed by atoms with van der Waals surface area (Å²) < 4.78 is 11.5. The van der Waals surface area contributed by atoms with Crippen LogP contribution in [0.15, 0.2) is 52.5 Å². The number of hydrogen-bond acceptors (Lipinski definition) is 5. The fourth-order valence-corrected chi connectivity index (χ4v) is 3.53. The summed E-state index contributed by atoms with van der Waals surface area (Å²) in [5.41, 5.74) is 0.956. The Morgan fingerprint density at radius 2 is 2.00 bits per heavy atom. The van der Waals surface area contributed by atoms with E-state index in [2.05, 4.69) is 21.2 Å². The van der Waals surface area contributed by atoms with Crippen molar-refractivity contribution in [1.82, 2.24) is 4.90 Å². The van der Waals surface area contributed by atoms with Crippen LogP contribution in [0.1, 0.15) is 5.56 Å². The van der Waals surface area contributed by atoms with Crippen LogP contribution in [0.3, 0.4) is 0 Å². The molecule has 9 heteroatoms. The number of rotatable bonds is 6. The number of benzene rings is 2. The first kappa shape index (κ1) is 22.8. The topological polar surface area (TPSA) is 91.7 Å². The molecule has 0 atom stereocenters. The summed E-state index contributed by atoms with van der Waals surface area (Å²) in [4.78, 5) is 26.3. The molecule has 0 radical (unpaired) electrons. The van der Waals surface area contributed by atoms with Gasteiger partial charge < -0.3 is 19.7 Å². The van der Waals surface area contributed by atoms with Crippen molar-refractivity contribution in [2.75, 3.05) is 38.2 Å². The van der Waals surface area contributed by atoms with Crippen molar-refractivity contribution in [3.05, 3.63) is 63.1 Å². The minimum Gasteiger partial charge on any atom is -0.483 e. The lowest BCUT2D eigenvalue weighted by Crippen LogP contribution is -2.43. The minimum absolute atomic E-state index is 0.0806.